The third-order valence-corrected chi connectivity index (χ3v) is 3.02. The molecule has 0 unspecified atom stereocenters. The zero-order chi connectivity index (χ0) is 14.5. The van der Waals surface area contributed by atoms with E-state index in [-0.39, 0.29) is 0 Å². The molecule has 0 saturated heterocycles. The van der Waals surface area contributed by atoms with Crippen molar-refractivity contribution in [2.24, 2.45) is 0 Å². The van der Waals surface area contributed by atoms with E-state index in [2.05, 4.69) is 20.6 Å². The Bertz CT molecular complexity index is 715. The van der Waals surface area contributed by atoms with E-state index in [1.54, 1.807) is 6.26 Å². The number of hydrogen-bond acceptors (Lipinski definition) is 5. The lowest BCUT2D eigenvalue weighted by Crippen LogP contribution is -2.02. The van der Waals surface area contributed by atoms with Crippen molar-refractivity contribution in [1.29, 1.82) is 0 Å². The molecule has 3 rings (SSSR count). The molecule has 0 amide bonds. The molecular weight excluding hydrogens is 288 g/mol. The van der Waals surface area contributed by atoms with Gasteiger partial charge in [-0.2, -0.15) is 0 Å². The number of nitrogens with one attached hydrogen (secondary N) is 2. The van der Waals surface area contributed by atoms with Gasteiger partial charge < -0.3 is 15.1 Å². The maximum absolute atomic E-state index is 5.95. The van der Waals surface area contributed by atoms with Gasteiger partial charge in [-0.1, -0.05) is 17.7 Å². The van der Waals surface area contributed by atoms with E-state index in [1.807, 2.05) is 42.5 Å². The van der Waals surface area contributed by atoms with E-state index in [0.29, 0.717) is 23.2 Å². The fourth-order valence-electron chi connectivity index (χ4n) is 1.83. The summed E-state index contributed by atoms with van der Waals surface area (Å²) in [6.45, 7) is 0.570. The quantitative estimate of drug-likeness (QED) is 0.743. The predicted octanol–water partition coefficient (Wildman–Crippen LogP) is 4.08. The first-order valence-electron chi connectivity index (χ1n) is 6.40. The number of halogens is 1. The van der Waals surface area contributed by atoms with Crippen molar-refractivity contribution in [3.63, 3.8) is 0 Å². The van der Waals surface area contributed by atoms with Crippen LogP contribution in [-0.2, 0) is 6.54 Å². The lowest BCUT2D eigenvalue weighted by molar-refractivity contribution is 0.518. The van der Waals surface area contributed by atoms with Crippen LogP contribution in [0.1, 0.15) is 5.76 Å². The summed E-state index contributed by atoms with van der Waals surface area (Å²) < 4.78 is 5.26. The van der Waals surface area contributed by atoms with Crippen molar-refractivity contribution in [3.05, 3.63) is 65.8 Å². The molecule has 2 N–H and O–H groups in total. The van der Waals surface area contributed by atoms with E-state index in [1.165, 1.54) is 6.33 Å². The highest BCUT2D eigenvalue weighted by atomic mass is 35.5. The first kappa shape index (κ1) is 13.5. The van der Waals surface area contributed by atoms with Crippen molar-refractivity contribution in [1.82, 2.24) is 9.97 Å². The first-order valence-corrected chi connectivity index (χ1v) is 6.78. The molecule has 3 aromatic rings. The lowest BCUT2D eigenvalue weighted by Gasteiger charge is -2.08. The summed E-state index contributed by atoms with van der Waals surface area (Å²) in [5, 5.41) is 7.02. The minimum Gasteiger partial charge on any atom is -0.467 e. The molecule has 0 atom stereocenters. The van der Waals surface area contributed by atoms with E-state index < -0.39 is 0 Å². The fraction of sp³-hybridized carbons (Fsp3) is 0.0667. The molecule has 1 aromatic carbocycles. The highest BCUT2D eigenvalue weighted by Gasteiger charge is 2.01. The zero-order valence-electron chi connectivity index (χ0n) is 11.1. The standard InChI is InChI=1S/C15H13ClN4O/c16-11-3-1-4-12(7-11)20-15-8-14(18-10-19-15)17-9-13-5-2-6-21-13/h1-8,10H,9H2,(H2,17,18,19,20). The van der Waals surface area contributed by atoms with Gasteiger partial charge >= 0.3 is 0 Å². The number of aromatic nitrogens is 2. The van der Waals surface area contributed by atoms with Gasteiger partial charge in [-0.05, 0) is 30.3 Å². The van der Waals surface area contributed by atoms with Crippen LogP contribution in [0.3, 0.4) is 0 Å². The Morgan fingerprint density at radius 3 is 2.76 bits per heavy atom. The van der Waals surface area contributed by atoms with Gasteiger partial charge in [0.15, 0.2) is 0 Å². The average Bonchev–Trinajstić information content (AvgIpc) is 2.99. The second-order valence-corrected chi connectivity index (χ2v) is 4.79. The van der Waals surface area contributed by atoms with Crippen molar-refractivity contribution < 1.29 is 4.42 Å². The number of anilines is 3. The van der Waals surface area contributed by atoms with Crippen LogP contribution < -0.4 is 10.6 Å². The largest absolute Gasteiger partial charge is 0.467 e. The summed E-state index contributed by atoms with van der Waals surface area (Å²) in [6, 6.07) is 13.0. The Morgan fingerprint density at radius 1 is 1.05 bits per heavy atom. The number of furan rings is 1. The molecule has 0 spiro atoms. The summed E-state index contributed by atoms with van der Waals surface area (Å²) in [5.74, 6) is 2.25. The minimum absolute atomic E-state index is 0.570. The second kappa shape index (κ2) is 6.28. The Kier molecular flexibility index (Phi) is 4.02. The predicted molar refractivity (Wildman–Crippen MR) is 82.8 cm³/mol. The van der Waals surface area contributed by atoms with E-state index in [0.717, 1.165) is 11.4 Å². The molecule has 0 radical (unpaired) electrons. The van der Waals surface area contributed by atoms with Crippen LogP contribution in [0.5, 0.6) is 0 Å². The van der Waals surface area contributed by atoms with Crippen molar-refractivity contribution >= 4 is 28.9 Å². The minimum atomic E-state index is 0.570. The van der Waals surface area contributed by atoms with Crippen LogP contribution in [0.25, 0.3) is 0 Å². The van der Waals surface area contributed by atoms with Gasteiger partial charge in [-0.3, -0.25) is 0 Å². The maximum Gasteiger partial charge on any atom is 0.135 e. The summed E-state index contributed by atoms with van der Waals surface area (Å²) in [7, 11) is 0. The van der Waals surface area contributed by atoms with E-state index in [4.69, 9.17) is 16.0 Å². The van der Waals surface area contributed by atoms with Crippen molar-refractivity contribution in [3.8, 4) is 0 Å². The Hall–Kier alpha value is -2.53. The summed E-state index contributed by atoms with van der Waals surface area (Å²) in [5.41, 5.74) is 0.873. The smallest absolute Gasteiger partial charge is 0.135 e. The van der Waals surface area contributed by atoms with Gasteiger partial charge in [-0.25, -0.2) is 9.97 Å². The lowest BCUT2D eigenvalue weighted by atomic mass is 10.3. The van der Waals surface area contributed by atoms with Crippen LogP contribution in [0, 0.1) is 0 Å². The molecule has 21 heavy (non-hydrogen) atoms. The normalized spacial score (nSPS) is 10.3. The van der Waals surface area contributed by atoms with E-state index >= 15 is 0 Å². The topological polar surface area (TPSA) is 63.0 Å². The van der Waals surface area contributed by atoms with Crippen LogP contribution in [0.4, 0.5) is 17.3 Å². The molecule has 2 aromatic heterocycles. The zero-order valence-corrected chi connectivity index (χ0v) is 11.8. The van der Waals surface area contributed by atoms with Gasteiger partial charge in [0.2, 0.25) is 0 Å². The average molecular weight is 301 g/mol. The maximum atomic E-state index is 5.95. The van der Waals surface area contributed by atoms with Gasteiger partial charge in [0.1, 0.15) is 23.7 Å². The number of hydrogen-bond donors (Lipinski definition) is 2. The number of nitrogens with zero attached hydrogens (tertiary/aromatic N) is 2. The van der Waals surface area contributed by atoms with Crippen LogP contribution in [0.15, 0.2) is 59.5 Å². The first-order chi connectivity index (χ1) is 10.3. The van der Waals surface area contributed by atoms with Crippen LogP contribution in [-0.4, -0.2) is 9.97 Å². The Labute approximate surface area is 127 Å². The molecule has 0 aliphatic heterocycles. The third-order valence-electron chi connectivity index (χ3n) is 2.79. The highest BCUT2D eigenvalue weighted by molar-refractivity contribution is 6.30. The monoisotopic (exact) mass is 300 g/mol. The molecular formula is C15H13ClN4O. The molecule has 2 heterocycles. The van der Waals surface area contributed by atoms with E-state index in [9.17, 15) is 0 Å². The molecule has 0 bridgehead atoms. The van der Waals surface area contributed by atoms with Gasteiger partial charge in [0.25, 0.3) is 0 Å². The van der Waals surface area contributed by atoms with Crippen LogP contribution >= 0.6 is 11.6 Å². The molecule has 6 heteroatoms. The SMILES string of the molecule is Clc1cccc(Nc2cc(NCc3ccco3)ncn2)c1. The second-order valence-electron chi connectivity index (χ2n) is 4.36. The summed E-state index contributed by atoms with van der Waals surface area (Å²) in [6.07, 6.45) is 3.14. The Balaban J connectivity index is 1.68. The van der Waals surface area contributed by atoms with Gasteiger partial charge in [0, 0.05) is 16.8 Å². The molecule has 0 aliphatic carbocycles. The third kappa shape index (κ3) is 3.73. The summed E-state index contributed by atoms with van der Waals surface area (Å²) >= 11 is 5.95. The van der Waals surface area contributed by atoms with Crippen molar-refractivity contribution in [2.75, 3.05) is 10.6 Å². The number of rotatable bonds is 5. The molecule has 0 saturated carbocycles. The molecule has 0 fully saturated rings. The van der Waals surface area contributed by atoms with Gasteiger partial charge in [0.05, 0.1) is 12.8 Å². The highest BCUT2D eigenvalue weighted by Crippen LogP contribution is 2.20. The van der Waals surface area contributed by atoms with Crippen LogP contribution in [0.2, 0.25) is 5.02 Å². The molecule has 5 nitrogen and oxygen atoms in total. The number of benzene rings is 1. The molecule has 106 valence electrons. The van der Waals surface area contributed by atoms with Gasteiger partial charge in [-0.15, -0.1) is 0 Å². The molecule has 0 aliphatic rings. The summed E-state index contributed by atoms with van der Waals surface area (Å²) in [4.78, 5) is 8.35. The van der Waals surface area contributed by atoms with Crippen molar-refractivity contribution in [2.45, 2.75) is 6.54 Å². The fourth-order valence-corrected chi connectivity index (χ4v) is 2.02. The Morgan fingerprint density at radius 2 is 1.95 bits per heavy atom.